The average molecular weight is 283 g/mol. The third-order valence-corrected chi connectivity index (χ3v) is 3.13. The van der Waals surface area contributed by atoms with Crippen LogP contribution in [0.15, 0.2) is 60.7 Å². The van der Waals surface area contributed by atoms with Gasteiger partial charge in [0.2, 0.25) is 0 Å². The molecular weight excluding hydrogens is 266 g/mol. The van der Waals surface area contributed by atoms with Crippen LogP contribution in [0.2, 0.25) is 0 Å². The maximum Gasteiger partial charge on any atom is 0.318 e. The summed E-state index contributed by atoms with van der Waals surface area (Å²) in [5.74, 6) is -1.30. The van der Waals surface area contributed by atoms with E-state index >= 15 is 0 Å². The van der Waals surface area contributed by atoms with Gasteiger partial charge in [0.25, 0.3) is 5.91 Å². The second-order valence-corrected chi connectivity index (χ2v) is 4.54. The molecule has 0 aromatic heterocycles. The van der Waals surface area contributed by atoms with E-state index in [9.17, 15) is 9.59 Å². The summed E-state index contributed by atoms with van der Waals surface area (Å²) >= 11 is 0. The van der Waals surface area contributed by atoms with Crippen molar-refractivity contribution in [2.45, 2.75) is 5.92 Å². The van der Waals surface area contributed by atoms with Crippen molar-refractivity contribution in [2.75, 3.05) is 13.7 Å². The van der Waals surface area contributed by atoms with Crippen molar-refractivity contribution in [3.8, 4) is 0 Å². The van der Waals surface area contributed by atoms with E-state index in [2.05, 4.69) is 5.32 Å². The van der Waals surface area contributed by atoms with Crippen LogP contribution in [-0.4, -0.2) is 25.5 Å². The van der Waals surface area contributed by atoms with E-state index in [1.807, 2.05) is 60.7 Å². The molecule has 2 aromatic rings. The summed E-state index contributed by atoms with van der Waals surface area (Å²) in [6, 6.07) is 18.8. The molecule has 2 aromatic carbocycles. The van der Waals surface area contributed by atoms with Crippen LogP contribution >= 0.6 is 0 Å². The van der Waals surface area contributed by atoms with Gasteiger partial charge in [0.1, 0.15) is 5.92 Å². The molecule has 1 amide bonds. The van der Waals surface area contributed by atoms with E-state index in [4.69, 9.17) is 4.74 Å². The number of benzene rings is 2. The molecule has 2 rings (SSSR count). The van der Waals surface area contributed by atoms with Crippen LogP contribution in [0.5, 0.6) is 0 Å². The van der Waals surface area contributed by atoms with E-state index < -0.39 is 11.9 Å². The van der Waals surface area contributed by atoms with Crippen LogP contribution in [0.4, 0.5) is 0 Å². The molecule has 0 saturated heterocycles. The molecule has 0 aliphatic carbocycles. The summed E-state index contributed by atoms with van der Waals surface area (Å²) in [6.45, 7) is -0.272. The van der Waals surface area contributed by atoms with Crippen molar-refractivity contribution in [3.05, 3.63) is 71.8 Å². The van der Waals surface area contributed by atoms with Crippen LogP contribution in [0, 0.1) is 0 Å². The third-order valence-electron chi connectivity index (χ3n) is 3.13. The Morgan fingerprint density at radius 2 is 1.43 bits per heavy atom. The zero-order valence-electron chi connectivity index (χ0n) is 11.8. The normalized spacial score (nSPS) is 10.2. The minimum atomic E-state index is -0.531. The van der Waals surface area contributed by atoms with Crippen LogP contribution in [-0.2, 0) is 14.3 Å². The number of esters is 1. The molecule has 0 saturated carbocycles. The van der Waals surface area contributed by atoms with Crippen molar-refractivity contribution in [1.29, 1.82) is 0 Å². The largest absolute Gasteiger partial charge is 0.455 e. The molecule has 4 nitrogen and oxygen atoms in total. The first-order valence-electron chi connectivity index (χ1n) is 6.69. The number of rotatable bonds is 5. The Balaban J connectivity index is 2.25. The van der Waals surface area contributed by atoms with Crippen molar-refractivity contribution in [1.82, 2.24) is 5.32 Å². The van der Waals surface area contributed by atoms with Gasteiger partial charge in [-0.2, -0.15) is 0 Å². The van der Waals surface area contributed by atoms with Crippen molar-refractivity contribution in [3.63, 3.8) is 0 Å². The molecule has 0 fully saturated rings. The molecule has 21 heavy (non-hydrogen) atoms. The van der Waals surface area contributed by atoms with Gasteiger partial charge in [-0.15, -0.1) is 0 Å². The highest BCUT2D eigenvalue weighted by Crippen LogP contribution is 2.25. The van der Waals surface area contributed by atoms with Gasteiger partial charge in [0.15, 0.2) is 6.61 Å². The molecule has 4 heteroatoms. The Kier molecular flexibility index (Phi) is 5.10. The summed E-state index contributed by atoms with van der Waals surface area (Å²) in [4.78, 5) is 23.6. The fraction of sp³-hybridized carbons (Fsp3) is 0.176. The first-order chi connectivity index (χ1) is 10.2. The van der Waals surface area contributed by atoms with E-state index in [1.165, 1.54) is 7.05 Å². The smallest absolute Gasteiger partial charge is 0.318 e. The Bertz CT molecular complexity index is 556. The lowest BCUT2D eigenvalue weighted by Gasteiger charge is -2.16. The van der Waals surface area contributed by atoms with Crippen molar-refractivity contribution in [2.24, 2.45) is 0 Å². The predicted octanol–water partition coefficient (Wildman–Crippen LogP) is 2.11. The summed E-state index contributed by atoms with van der Waals surface area (Å²) in [7, 11) is 1.50. The second-order valence-electron chi connectivity index (χ2n) is 4.54. The molecular formula is C17H17NO3. The standard InChI is InChI=1S/C17H17NO3/c1-18-15(19)12-21-17(20)16(13-8-4-2-5-9-13)14-10-6-3-7-11-14/h2-11,16H,12H2,1H3,(H,18,19). The number of hydrogen-bond donors (Lipinski definition) is 1. The van der Waals surface area contributed by atoms with Crippen molar-refractivity contribution < 1.29 is 14.3 Å². The van der Waals surface area contributed by atoms with Gasteiger partial charge in [-0.25, -0.2) is 0 Å². The Hall–Kier alpha value is -2.62. The number of hydrogen-bond acceptors (Lipinski definition) is 3. The van der Waals surface area contributed by atoms with Gasteiger partial charge in [-0.05, 0) is 11.1 Å². The zero-order valence-corrected chi connectivity index (χ0v) is 11.8. The Morgan fingerprint density at radius 3 is 1.86 bits per heavy atom. The molecule has 0 spiro atoms. The topological polar surface area (TPSA) is 55.4 Å². The summed E-state index contributed by atoms with van der Waals surface area (Å²) in [6.07, 6.45) is 0. The Labute approximate surface area is 123 Å². The van der Waals surface area contributed by atoms with Crippen LogP contribution in [0.1, 0.15) is 17.0 Å². The van der Waals surface area contributed by atoms with Gasteiger partial charge >= 0.3 is 5.97 Å². The average Bonchev–Trinajstić information content (AvgIpc) is 2.55. The second kappa shape index (κ2) is 7.24. The maximum absolute atomic E-state index is 12.4. The SMILES string of the molecule is CNC(=O)COC(=O)C(c1ccccc1)c1ccccc1. The highest BCUT2D eigenvalue weighted by Gasteiger charge is 2.24. The highest BCUT2D eigenvalue weighted by atomic mass is 16.5. The molecule has 0 aliphatic heterocycles. The van der Waals surface area contributed by atoms with Gasteiger partial charge < -0.3 is 10.1 Å². The lowest BCUT2D eigenvalue weighted by atomic mass is 9.91. The number of carbonyl (C=O) groups is 2. The number of likely N-dealkylation sites (N-methyl/N-ethyl adjacent to an activating group) is 1. The summed E-state index contributed by atoms with van der Waals surface area (Å²) in [5.41, 5.74) is 1.68. The lowest BCUT2D eigenvalue weighted by Crippen LogP contribution is -2.27. The third kappa shape index (κ3) is 3.92. The molecule has 0 bridgehead atoms. The molecule has 1 N–H and O–H groups in total. The van der Waals surface area contributed by atoms with Crippen LogP contribution in [0.25, 0.3) is 0 Å². The number of ether oxygens (including phenoxy) is 1. The quantitative estimate of drug-likeness (QED) is 0.855. The molecule has 0 unspecified atom stereocenters. The number of nitrogens with one attached hydrogen (secondary N) is 1. The fourth-order valence-corrected chi connectivity index (χ4v) is 2.05. The van der Waals surface area contributed by atoms with Crippen molar-refractivity contribution >= 4 is 11.9 Å². The molecule has 0 radical (unpaired) electrons. The van der Waals surface area contributed by atoms with E-state index in [0.29, 0.717) is 0 Å². The minimum absolute atomic E-state index is 0.272. The van der Waals surface area contributed by atoms with Crippen LogP contribution in [0.3, 0.4) is 0 Å². The first-order valence-corrected chi connectivity index (χ1v) is 6.69. The van der Waals surface area contributed by atoms with Crippen LogP contribution < -0.4 is 5.32 Å². The lowest BCUT2D eigenvalue weighted by molar-refractivity contribution is -0.149. The molecule has 0 aliphatic rings. The highest BCUT2D eigenvalue weighted by molar-refractivity contribution is 5.85. The predicted molar refractivity (Wildman–Crippen MR) is 79.8 cm³/mol. The van der Waals surface area contributed by atoms with Gasteiger partial charge in [0.05, 0.1) is 0 Å². The molecule has 0 heterocycles. The number of carbonyl (C=O) groups excluding carboxylic acids is 2. The van der Waals surface area contributed by atoms with E-state index in [1.54, 1.807) is 0 Å². The zero-order chi connectivity index (χ0) is 15.1. The molecule has 0 atom stereocenters. The minimum Gasteiger partial charge on any atom is -0.455 e. The molecule has 108 valence electrons. The monoisotopic (exact) mass is 283 g/mol. The summed E-state index contributed by atoms with van der Waals surface area (Å²) in [5, 5.41) is 2.42. The summed E-state index contributed by atoms with van der Waals surface area (Å²) < 4.78 is 5.11. The fourth-order valence-electron chi connectivity index (χ4n) is 2.05. The maximum atomic E-state index is 12.4. The Morgan fingerprint density at radius 1 is 0.952 bits per heavy atom. The van der Waals surface area contributed by atoms with Gasteiger partial charge in [-0.1, -0.05) is 60.7 Å². The number of amides is 1. The van der Waals surface area contributed by atoms with Gasteiger partial charge in [0, 0.05) is 7.05 Å². The van der Waals surface area contributed by atoms with E-state index in [0.717, 1.165) is 11.1 Å². The van der Waals surface area contributed by atoms with E-state index in [-0.39, 0.29) is 12.5 Å². The van der Waals surface area contributed by atoms with Gasteiger partial charge in [-0.3, -0.25) is 9.59 Å². The first kappa shape index (κ1) is 14.8.